The highest BCUT2D eigenvalue weighted by Crippen LogP contribution is 2.43. The van der Waals surface area contributed by atoms with E-state index in [2.05, 4.69) is 65.6 Å². The average Bonchev–Trinajstić information content (AvgIpc) is 2.89. The molecule has 0 unspecified atom stereocenters. The van der Waals surface area contributed by atoms with E-state index in [1.807, 2.05) is 32.2 Å². The molecule has 0 saturated carbocycles. The minimum Gasteiger partial charge on any atom is -0.497 e. The minimum absolute atomic E-state index is 0.0668. The van der Waals surface area contributed by atoms with Crippen LogP contribution >= 0.6 is 0 Å². The molecule has 0 spiro atoms. The molecule has 4 rings (SSSR count). The summed E-state index contributed by atoms with van der Waals surface area (Å²) in [5.41, 5.74) is 4.55. The number of ether oxygens (including phenoxy) is 1. The first-order valence-corrected chi connectivity index (χ1v) is 11.8. The maximum atomic E-state index is 12.6. The number of piperidine rings is 1. The Kier molecular flexibility index (Phi) is 7.14. The first-order valence-electron chi connectivity index (χ1n) is 11.8. The fourth-order valence-corrected chi connectivity index (χ4v) is 4.90. The van der Waals surface area contributed by atoms with Crippen molar-refractivity contribution in [1.29, 1.82) is 0 Å². The van der Waals surface area contributed by atoms with Crippen LogP contribution in [0.4, 0.5) is 0 Å². The Morgan fingerprint density at radius 2 is 1.64 bits per heavy atom. The van der Waals surface area contributed by atoms with Crippen molar-refractivity contribution in [3.05, 3.63) is 101 Å². The van der Waals surface area contributed by atoms with Crippen LogP contribution in [-0.4, -0.2) is 49.5 Å². The smallest absolute Gasteiger partial charge is 0.253 e. The number of carbonyl (C=O) groups excluding carboxylic acids is 1. The van der Waals surface area contributed by atoms with Crippen molar-refractivity contribution in [3.8, 4) is 5.75 Å². The van der Waals surface area contributed by atoms with Crippen LogP contribution in [-0.2, 0) is 12.0 Å². The number of hydrogen-bond acceptors (Lipinski definition) is 3. The lowest BCUT2D eigenvalue weighted by Gasteiger charge is -2.43. The molecule has 1 heterocycles. The van der Waals surface area contributed by atoms with Gasteiger partial charge in [-0.3, -0.25) is 9.69 Å². The van der Waals surface area contributed by atoms with E-state index in [1.165, 1.54) is 16.7 Å². The molecule has 4 heteroatoms. The molecule has 0 atom stereocenters. The number of nitrogens with zero attached hydrogens (tertiary/aromatic N) is 2. The van der Waals surface area contributed by atoms with Gasteiger partial charge >= 0.3 is 0 Å². The summed E-state index contributed by atoms with van der Waals surface area (Å²) < 4.78 is 5.56. The molecule has 0 bridgehead atoms. The molecule has 172 valence electrons. The molecule has 0 N–H and O–H groups in total. The molecule has 3 aromatic rings. The second-order valence-corrected chi connectivity index (χ2v) is 8.97. The molecule has 33 heavy (non-hydrogen) atoms. The topological polar surface area (TPSA) is 32.8 Å². The fraction of sp³-hybridized carbons (Fsp3) is 0.345. The molecule has 3 aromatic carbocycles. The van der Waals surface area contributed by atoms with E-state index < -0.39 is 0 Å². The van der Waals surface area contributed by atoms with Crippen molar-refractivity contribution in [1.82, 2.24) is 9.80 Å². The molecule has 1 fully saturated rings. The van der Waals surface area contributed by atoms with E-state index in [0.717, 1.165) is 43.8 Å². The third kappa shape index (κ3) is 4.96. The number of likely N-dealkylation sites (tertiary alicyclic amines) is 1. The molecule has 1 amide bonds. The average molecular weight is 443 g/mol. The van der Waals surface area contributed by atoms with Crippen LogP contribution in [0.3, 0.4) is 0 Å². The summed E-state index contributed by atoms with van der Waals surface area (Å²) in [4.78, 5) is 16.9. The van der Waals surface area contributed by atoms with Gasteiger partial charge in [-0.05, 0) is 73.8 Å². The minimum atomic E-state index is -0.0973. The summed E-state index contributed by atoms with van der Waals surface area (Å²) in [5, 5.41) is 0. The maximum absolute atomic E-state index is 12.6. The maximum Gasteiger partial charge on any atom is 0.253 e. The standard InChI is InChI=1S/C29H34N2O2/c1-4-30(2)28(32)24-13-15-25(16-14-24)29(26-11-8-12-27(21-26)33-3)17-19-31(20-18-29)22-23-9-6-5-7-10-23/h5-16,21H,4,17-20,22H2,1-3H3. The molecule has 1 saturated heterocycles. The molecule has 0 aromatic heterocycles. The lowest BCUT2D eigenvalue weighted by Crippen LogP contribution is -2.43. The molecule has 0 aliphatic carbocycles. The van der Waals surface area contributed by atoms with Crippen molar-refractivity contribution < 1.29 is 9.53 Å². The van der Waals surface area contributed by atoms with Crippen LogP contribution in [0.15, 0.2) is 78.9 Å². The number of hydrogen-bond donors (Lipinski definition) is 0. The molecular weight excluding hydrogens is 408 g/mol. The van der Waals surface area contributed by atoms with Crippen molar-refractivity contribution in [2.75, 3.05) is 33.8 Å². The van der Waals surface area contributed by atoms with Gasteiger partial charge in [-0.25, -0.2) is 0 Å². The molecule has 1 aliphatic rings. The second kappa shape index (κ2) is 10.2. The van der Waals surface area contributed by atoms with Gasteiger partial charge in [-0.15, -0.1) is 0 Å². The van der Waals surface area contributed by atoms with Crippen molar-refractivity contribution in [3.63, 3.8) is 0 Å². The zero-order valence-corrected chi connectivity index (χ0v) is 20.0. The highest BCUT2D eigenvalue weighted by Gasteiger charge is 2.38. The third-order valence-corrected chi connectivity index (χ3v) is 7.09. The number of amides is 1. The molecule has 4 nitrogen and oxygen atoms in total. The lowest BCUT2D eigenvalue weighted by molar-refractivity contribution is 0.0802. The number of methoxy groups -OCH3 is 1. The predicted octanol–water partition coefficient (Wildman–Crippen LogP) is 5.37. The van der Waals surface area contributed by atoms with E-state index in [4.69, 9.17) is 4.74 Å². The quantitative estimate of drug-likeness (QED) is 0.493. The van der Waals surface area contributed by atoms with Crippen LogP contribution in [0.1, 0.15) is 46.8 Å². The van der Waals surface area contributed by atoms with Crippen LogP contribution in [0.2, 0.25) is 0 Å². The van der Waals surface area contributed by atoms with Gasteiger partial charge in [0.25, 0.3) is 5.91 Å². The van der Waals surface area contributed by atoms with Crippen LogP contribution in [0.5, 0.6) is 5.75 Å². The van der Waals surface area contributed by atoms with Crippen molar-refractivity contribution in [2.24, 2.45) is 0 Å². The largest absolute Gasteiger partial charge is 0.497 e. The van der Waals surface area contributed by atoms with Gasteiger partial charge < -0.3 is 9.64 Å². The Hall–Kier alpha value is -3.11. The van der Waals surface area contributed by atoms with Gasteiger partial charge in [0.15, 0.2) is 0 Å². The Morgan fingerprint density at radius 3 is 2.27 bits per heavy atom. The normalized spacial score (nSPS) is 15.7. The first kappa shape index (κ1) is 23.1. The Balaban J connectivity index is 1.63. The molecule has 1 aliphatic heterocycles. The zero-order valence-electron chi connectivity index (χ0n) is 20.0. The Labute approximate surface area is 197 Å². The van der Waals surface area contributed by atoms with Crippen molar-refractivity contribution in [2.45, 2.75) is 31.7 Å². The highest BCUT2D eigenvalue weighted by molar-refractivity contribution is 5.94. The fourth-order valence-electron chi connectivity index (χ4n) is 4.90. The van der Waals surface area contributed by atoms with E-state index in [0.29, 0.717) is 6.54 Å². The zero-order chi connectivity index (χ0) is 23.3. The third-order valence-electron chi connectivity index (χ3n) is 7.09. The van der Waals surface area contributed by atoms with E-state index in [1.54, 1.807) is 12.0 Å². The first-order chi connectivity index (χ1) is 16.1. The van der Waals surface area contributed by atoms with Gasteiger partial charge in [0.2, 0.25) is 0 Å². The summed E-state index contributed by atoms with van der Waals surface area (Å²) in [7, 11) is 3.56. The summed E-state index contributed by atoms with van der Waals surface area (Å²) in [6.45, 7) is 5.71. The van der Waals surface area contributed by atoms with Gasteiger partial charge in [0.1, 0.15) is 5.75 Å². The van der Waals surface area contributed by atoms with Crippen LogP contribution in [0, 0.1) is 0 Å². The molecule has 0 radical (unpaired) electrons. The van der Waals surface area contributed by atoms with Gasteiger partial charge in [0.05, 0.1) is 7.11 Å². The summed E-state index contributed by atoms with van der Waals surface area (Å²) in [6.07, 6.45) is 2.05. The van der Waals surface area contributed by atoms with Gasteiger partial charge in [0, 0.05) is 31.1 Å². The SMILES string of the molecule is CCN(C)C(=O)c1ccc(C2(c3cccc(OC)c3)CCN(Cc3ccccc3)CC2)cc1. The molecular formula is C29H34N2O2. The number of benzene rings is 3. The second-order valence-electron chi connectivity index (χ2n) is 8.97. The van der Waals surface area contributed by atoms with E-state index in [-0.39, 0.29) is 11.3 Å². The number of rotatable bonds is 7. The Bertz CT molecular complexity index is 1050. The van der Waals surface area contributed by atoms with Gasteiger partial charge in [-0.1, -0.05) is 54.6 Å². The summed E-state index contributed by atoms with van der Waals surface area (Å²) in [6, 6.07) is 27.5. The van der Waals surface area contributed by atoms with Crippen LogP contribution < -0.4 is 4.74 Å². The summed E-state index contributed by atoms with van der Waals surface area (Å²) in [5.74, 6) is 0.951. The lowest BCUT2D eigenvalue weighted by atomic mass is 9.68. The monoisotopic (exact) mass is 442 g/mol. The van der Waals surface area contributed by atoms with E-state index in [9.17, 15) is 4.79 Å². The Morgan fingerprint density at radius 1 is 0.939 bits per heavy atom. The highest BCUT2D eigenvalue weighted by atomic mass is 16.5. The predicted molar refractivity (Wildman–Crippen MR) is 134 cm³/mol. The van der Waals surface area contributed by atoms with E-state index >= 15 is 0 Å². The van der Waals surface area contributed by atoms with Crippen molar-refractivity contribution >= 4 is 5.91 Å². The summed E-state index contributed by atoms with van der Waals surface area (Å²) >= 11 is 0. The van der Waals surface area contributed by atoms with Gasteiger partial charge in [-0.2, -0.15) is 0 Å². The number of carbonyl (C=O) groups is 1. The van der Waals surface area contributed by atoms with Crippen LogP contribution in [0.25, 0.3) is 0 Å².